The van der Waals surface area contributed by atoms with Crippen molar-refractivity contribution in [3.63, 3.8) is 0 Å². The Morgan fingerprint density at radius 1 is 0.923 bits per heavy atom. The van der Waals surface area contributed by atoms with Crippen molar-refractivity contribution in [1.29, 1.82) is 0 Å². The van der Waals surface area contributed by atoms with Crippen LogP contribution in [0.1, 0.15) is 16.7 Å². The SMILES string of the molecule is Cc1ccc(-c2ccc(OC(=O)/C=C/c3ccccc3Cl)c(C)c2)cc1. The van der Waals surface area contributed by atoms with Gasteiger partial charge < -0.3 is 4.74 Å². The highest BCUT2D eigenvalue weighted by Gasteiger charge is 2.07. The van der Waals surface area contributed by atoms with Gasteiger partial charge in [-0.15, -0.1) is 0 Å². The first-order chi connectivity index (χ1) is 12.5. The summed E-state index contributed by atoms with van der Waals surface area (Å²) in [6.07, 6.45) is 3.04. The molecule has 26 heavy (non-hydrogen) atoms. The number of carbonyl (C=O) groups is 1. The predicted octanol–water partition coefficient (Wildman–Crippen LogP) is 6.24. The maximum Gasteiger partial charge on any atom is 0.336 e. The van der Waals surface area contributed by atoms with Crippen LogP contribution in [0.15, 0.2) is 72.8 Å². The molecule has 0 spiro atoms. The van der Waals surface area contributed by atoms with Gasteiger partial charge in [0.2, 0.25) is 0 Å². The van der Waals surface area contributed by atoms with Crippen molar-refractivity contribution >= 4 is 23.6 Å². The second kappa shape index (κ2) is 8.03. The minimum atomic E-state index is -0.434. The summed E-state index contributed by atoms with van der Waals surface area (Å²) in [7, 11) is 0. The number of carbonyl (C=O) groups excluding carboxylic acids is 1. The van der Waals surface area contributed by atoms with Crippen molar-refractivity contribution in [1.82, 2.24) is 0 Å². The van der Waals surface area contributed by atoms with Crippen LogP contribution in [0.4, 0.5) is 0 Å². The quantitative estimate of drug-likeness (QED) is 0.312. The number of benzene rings is 3. The number of aryl methyl sites for hydroxylation is 2. The van der Waals surface area contributed by atoms with Crippen molar-refractivity contribution in [3.8, 4) is 16.9 Å². The lowest BCUT2D eigenvalue weighted by Gasteiger charge is -2.09. The maximum atomic E-state index is 12.1. The van der Waals surface area contributed by atoms with Crippen molar-refractivity contribution < 1.29 is 9.53 Å². The summed E-state index contributed by atoms with van der Waals surface area (Å²) in [6.45, 7) is 3.99. The first-order valence-electron chi connectivity index (χ1n) is 8.35. The Bertz CT molecular complexity index is 956. The van der Waals surface area contributed by atoms with E-state index >= 15 is 0 Å². The van der Waals surface area contributed by atoms with Gasteiger partial charge in [0.25, 0.3) is 0 Å². The lowest BCUT2D eigenvalue weighted by atomic mass is 10.0. The van der Waals surface area contributed by atoms with Gasteiger partial charge in [-0.25, -0.2) is 4.79 Å². The molecule has 3 rings (SSSR count). The third-order valence-electron chi connectivity index (χ3n) is 4.07. The zero-order valence-corrected chi connectivity index (χ0v) is 15.5. The molecule has 130 valence electrons. The van der Waals surface area contributed by atoms with Gasteiger partial charge in [-0.1, -0.05) is 65.7 Å². The molecule has 0 fully saturated rings. The molecule has 0 atom stereocenters. The summed E-state index contributed by atoms with van der Waals surface area (Å²) >= 11 is 6.08. The van der Waals surface area contributed by atoms with Crippen LogP contribution in [0.5, 0.6) is 5.75 Å². The normalized spacial score (nSPS) is 10.9. The predicted molar refractivity (Wildman–Crippen MR) is 107 cm³/mol. The molecule has 3 heteroatoms. The van der Waals surface area contributed by atoms with E-state index in [9.17, 15) is 4.79 Å². The molecule has 0 bridgehead atoms. The van der Waals surface area contributed by atoms with Gasteiger partial charge in [0.15, 0.2) is 0 Å². The number of halogens is 1. The minimum absolute atomic E-state index is 0.434. The standard InChI is InChI=1S/C23H19ClO2/c1-16-7-9-18(10-8-16)20-11-13-22(17(2)15-20)26-23(25)14-12-19-5-3-4-6-21(19)24/h3-15H,1-2H3/b14-12+. The Kier molecular flexibility index (Phi) is 5.55. The number of ether oxygens (including phenoxy) is 1. The van der Waals surface area contributed by atoms with E-state index in [1.165, 1.54) is 11.6 Å². The topological polar surface area (TPSA) is 26.3 Å². The average molecular weight is 363 g/mol. The van der Waals surface area contributed by atoms with Gasteiger partial charge in [0, 0.05) is 11.1 Å². The van der Waals surface area contributed by atoms with E-state index in [1.54, 1.807) is 12.1 Å². The molecule has 0 radical (unpaired) electrons. The van der Waals surface area contributed by atoms with E-state index in [0.717, 1.165) is 22.3 Å². The van der Waals surface area contributed by atoms with Crippen LogP contribution in [-0.2, 0) is 4.79 Å². The molecule has 0 aliphatic rings. The fourth-order valence-electron chi connectivity index (χ4n) is 2.60. The molecular weight excluding hydrogens is 344 g/mol. The molecular formula is C23H19ClO2. The van der Waals surface area contributed by atoms with E-state index < -0.39 is 5.97 Å². The van der Waals surface area contributed by atoms with E-state index in [2.05, 4.69) is 31.2 Å². The Labute approximate surface area is 158 Å². The van der Waals surface area contributed by atoms with E-state index in [1.807, 2.05) is 43.3 Å². The Balaban J connectivity index is 1.73. The summed E-state index contributed by atoms with van der Waals surface area (Å²) in [4.78, 5) is 12.1. The molecule has 3 aromatic carbocycles. The van der Waals surface area contributed by atoms with Crippen molar-refractivity contribution in [2.75, 3.05) is 0 Å². The van der Waals surface area contributed by atoms with Gasteiger partial charge in [-0.3, -0.25) is 0 Å². The molecule has 2 nitrogen and oxygen atoms in total. The highest BCUT2D eigenvalue weighted by molar-refractivity contribution is 6.32. The summed E-state index contributed by atoms with van der Waals surface area (Å²) in [5.74, 6) is 0.116. The van der Waals surface area contributed by atoms with Gasteiger partial charge >= 0.3 is 5.97 Å². The lowest BCUT2D eigenvalue weighted by Crippen LogP contribution is -2.05. The highest BCUT2D eigenvalue weighted by Crippen LogP contribution is 2.26. The molecule has 0 amide bonds. The monoisotopic (exact) mass is 362 g/mol. The molecule has 0 saturated heterocycles. The molecule has 0 heterocycles. The molecule has 0 aliphatic heterocycles. The molecule has 0 aliphatic carbocycles. The second-order valence-electron chi connectivity index (χ2n) is 6.12. The molecule has 3 aromatic rings. The zero-order chi connectivity index (χ0) is 18.5. The van der Waals surface area contributed by atoms with E-state index in [4.69, 9.17) is 16.3 Å². The van der Waals surface area contributed by atoms with Crippen molar-refractivity contribution in [2.24, 2.45) is 0 Å². The summed E-state index contributed by atoms with van der Waals surface area (Å²) in [6, 6.07) is 21.5. The Morgan fingerprint density at radius 2 is 1.62 bits per heavy atom. The smallest absolute Gasteiger partial charge is 0.336 e. The van der Waals surface area contributed by atoms with Crippen molar-refractivity contribution in [2.45, 2.75) is 13.8 Å². The molecule has 0 aromatic heterocycles. The third-order valence-corrected chi connectivity index (χ3v) is 4.42. The second-order valence-corrected chi connectivity index (χ2v) is 6.53. The maximum absolute atomic E-state index is 12.1. The van der Waals surface area contributed by atoms with Crippen LogP contribution < -0.4 is 4.74 Å². The van der Waals surface area contributed by atoms with Crippen LogP contribution in [0, 0.1) is 13.8 Å². The average Bonchev–Trinajstić information content (AvgIpc) is 2.63. The fourth-order valence-corrected chi connectivity index (χ4v) is 2.80. The van der Waals surface area contributed by atoms with Crippen LogP contribution in [0.3, 0.4) is 0 Å². The van der Waals surface area contributed by atoms with Gasteiger partial charge in [0.05, 0.1) is 0 Å². The van der Waals surface area contributed by atoms with Gasteiger partial charge in [-0.05, 0) is 60.4 Å². The molecule has 0 unspecified atom stereocenters. The van der Waals surface area contributed by atoms with Crippen molar-refractivity contribution in [3.05, 3.63) is 94.5 Å². The van der Waals surface area contributed by atoms with E-state index in [-0.39, 0.29) is 0 Å². The van der Waals surface area contributed by atoms with Crippen LogP contribution in [-0.4, -0.2) is 5.97 Å². The van der Waals surface area contributed by atoms with Gasteiger partial charge in [0.1, 0.15) is 5.75 Å². The first kappa shape index (κ1) is 18.0. The largest absolute Gasteiger partial charge is 0.423 e. The minimum Gasteiger partial charge on any atom is -0.423 e. The third kappa shape index (κ3) is 4.41. The molecule has 0 saturated carbocycles. The number of hydrogen-bond acceptors (Lipinski definition) is 2. The number of rotatable bonds is 4. The first-order valence-corrected chi connectivity index (χ1v) is 8.73. The van der Waals surface area contributed by atoms with Crippen LogP contribution in [0.25, 0.3) is 17.2 Å². The number of hydrogen-bond donors (Lipinski definition) is 0. The fraction of sp³-hybridized carbons (Fsp3) is 0.0870. The van der Waals surface area contributed by atoms with Crippen LogP contribution in [0.2, 0.25) is 5.02 Å². The van der Waals surface area contributed by atoms with Gasteiger partial charge in [-0.2, -0.15) is 0 Å². The van der Waals surface area contributed by atoms with E-state index in [0.29, 0.717) is 10.8 Å². The molecule has 0 N–H and O–H groups in total. The summed E-state index contributed by atoms with van der Waals surface area (Å²) in [5, 5.41) is 0.593. The van der Waals surface area contributed by atoms with Crippen LogP contribution >= 0.6 is 11.6 Å². The lowest BCUT2D eigenvalue weighted by molar-refractivity contribution is -0.128. The Morgan fingerprint density at radius 3 is 2.31 bits per heavy atom. The Hall–Kier alpha value is -2.84. The summed E-state index contributed by atoms with van der Waals surface area (Å²) in [5.41, 5.74) is 5.13. The highest BCUT2D eigenvalue weighted by atomic mass is 35.5. The number of esters is 1. The summed E-state index contributed by atoms with van der Waals surface area (Å²) < 4.78 is 5.45. The zero-order valence-electron chi connectivity index (χ0n) is 14.7.